The van der Waals surface area contributed by atoms with Gasteiger partial charge in [0.25, 0.3) is 0 Å². The smallest absolute Gasteiger partial charge is 0.0991 e. The number of aromatic carboxylic acids is 1. The van der Waals surface area contributed by atoms with Crippen LogP contribution in [0.4, 0.5) is 0 Å². The van der Waals surface area contributed by atoms with E-state index in [-0.39, 0.29) is 5.56 Å². The summed E-state index contributed by atoms with van der Waals surface area (Å²) in [7, 11) is 0. The van der Waals surface area contributed by atoms with Crippen LogP contribution in [0.25, 0.3) is 0 Å². The summed E-state index contributed by atoms with van der Waals surface area (Å²) in [5.41, 5.74) is 1.14. The first kappa shape index (κ1) is 8.28. The Hall–Kier alpha value is -1.82. The Kier molecular flexibility index (Phi) is 2.11. The maximum atomic E-state index is 10.4. The minimum Gasteiger partial charge on any atom is -0.545 e. The molecule has 12 heavy (non-hydrogen) atoms. The number of carboxylic acids is 1. The number of hydrogen-bond donors (Lipinski definition) is 0. The fourth-order valence-corrected chi connectivity index (χ4v) is 0.962. The molecule has 0 unspecified atom stereocenters. The van der Waals surface area contributed by atoms with Crippen LogP contribution in [0.2, 0.25) is 0 Å². The number of carboxylic acid groups (broad SMARTS) is 1. The van der Waals surface area contributed by atoms with Crippen molar-refractivity contribution in [3.05, 3.63) is 34.9 Å². The quantitative estimate of drug-likeness (QED) is 0.590. The minimum absolute atomic E-state index is 0.133. The summed E-state index contributed by atoms with van der Waals surface area (Å²) in [4.78, 5) is 10.4. The first-order valence-electron chi connectivity index (χ1n) is 3.37. The van der Waals surface area contributed by atoms with Crippen molar-refractivity contribution in [1.82, 2.24) is 0 Å². The molecule has 3 heteroatoms. The van der Waals surface area contributed by atoms with E-state index in [9.17, 15) is 9.90 Å². The second-order valence-electron chi connectivity index (χ2n) is 2.43. The van der Waals surface area contributed by atoms with Crippen molar-refractivity contribution < 1.29 is 9.90 Å². The number of nitrogens with zero attached hydrogens (tertiary/aromatic N) is 1. The predicted octanol–water partition coefficient (Wildman–Crippen LogP) is 0.230. The minimum atomic E-state index is -1.21. The summed E-state index contributed by atoms with van der Waals surface area (Å²) in [5.74, 6) is -1.21. The third kappa shape index (κ3) is 1.43. The molecule has 0 aliphatic heterocycles. The van der Waals surface area contributed by atoms with Gasteiger partial charge in [-0.05, 0) is 24.6 Å². The Labute approximate surface area is 69.9 Å². The molecule has 1 rings (SSSR count). The molecule has 0 bridgehead atoms. The lowest BCUT2D eigenvalue weighted by atomic mass is 10.1. The normalized spacial score (nSPS) is 9.00. The third-order valence-corrected chi connectivity index (χ3v) is 1.58. The van der Waals surface area contributed by atoms with Gasteiger partial charge in [-0.15, -0.1) is 0 Å². The lowest BCUT2D eigenvalue weighted by Crippen LogP contribution is -2.23. The van der Waals surface area contributed by atoms with E-state index in [0.717, 1.165) is 0 Å². The van der Waals surface area contributed by atoms with Crippen molar-refractivity contribution in [2.45, 2.75) is 6.92 Å². The summed E-state index contributed by atoms with van der Waals surface area (Å²) >= 11 is 0. The molecule has 0 aliphatic rings. The number of carbonyl (C=O) groups excluding carboxylic acids is 1. The predicted molar refractivity (Wildman–Crippen MR) is 40.2 cm³/mol. The highest BCUT2D eigenvalue weighted by atomic mass is 16.4. The van der Waals surface area contributed by atoms with Gasteiger partial charge in [-0.3, -0.25) is 0 Å². The van der Waals surface area contributed by atoms with Crippen LogP contribution in [0, 0.1) is 18.3 Å². The molecule has 0 aromatic heterocycles. The van der Waals surface area contributed by atoms with Crippen molar-refractivity contribution in [2.24, 2.45) is 0 Å². The lowest BCUT2D eigenvalue weighted by molar-refractivity contribution is -0.255. The molecule has 0 spiro atoms. The summed E-state index contributed by atoms with van der Waals surface area (Å²) in [6.07, 6.45) is 0. The number of benzene rings is 1. The molecule has 0 radical (unpaired) electrons. The molecule has 0 fully saturated rings. The summed E-state index contributed by atoms with van der Waals surface area (Å²) in [5, 5.41) is 18.9. The average molecular weight is 160 g/mol. The van der Waals surface area contributed by atoms with Crippen LogP contribution in [0.15, 0.2) is 18.2 Å². The highest BCUT2D eigenvalue weighted by molar-refractivity contribution is 5.87. The van der Waals surface area contributed by atoms with E-state index in [4.69, 9.17) is 5.26 Å². The summed E-state index contributed by atoms with van der Waals surface area (Å²) in [6.45, 7) is 1.63. The van der Waals surface area contributed by atoms with Crippen molar-refractivity contribution in [2.75, 3.05) is 0 Å². The first-order chi connectivity index (χ1) is 5.65. The Bertz CT molecular complexity index is 363. The van der Waals surface area contributed by atoms with Crippen molar-refractivity contribution >= 4 is 5.97 Å². The first-order valence-corrected chi connectivity index (χ1v) is 3.37. The van der Waals surface area contributed by atoms with E-state index in [2.05, 4.69) is 0 Å². The van der Waals surface area contributed by atoms with Gasteiger partial charge in [0, 0.05) is 5.56 Å². The van der Waals surface area contributed by atoms with Gasteiger partial charge in [-0.1, -0.05) is 6.07 Å². The van der Waals surface area contributed by atoms with Crippen molar-refractivity contribution in [1.29, 1.82) is 5.26 Å². The molecule has 3 nitrogen and oxygen atoms in total. The van der Waals surface area contributed by atoms with E-state index in [1.54, 1.807) is 6.92 Å². The van der Waals surface area contributed by atoms with E-state index in [1.165, 1.54) is 18.2 Å². The van der Waals surface area contributed by atoms with E-state index >= 15 is 0 Å². The monoisotopic (exact) mass is 160 g/mol. The highest BCUT2D eigenvalue weighted by Crippen LogP contribution is 2.09. The van der Waals surface area contributed by atoms with Gasteiger partial charge in [0.2, 0.25) is 0 Å². The fraction of sp³-hybridized carbons (Fsp3) is 0.111. The molecule has 0 N–H and O–H groups in total. The fourth-order valence-electron chi connectivity index (χ4n) is 0.962. The highest BCUT2D eigenvalue weighted by Gasteiger charge is 1.99. The maximum Gasteiger partial charge on any atom is 0.0991 e. The van der Waals surface area contributed by atoms with Gasteiger partial charge in [0.15, 0.2) is 0 Å². The molecular formula is C9H6NO2-. The average Bonchev–Trinajstić information content (AvgIpc) is 2.03. The number of nitriles is 1. The molecule has 1 aromatic rings. The van der Waals surface area contributed by atoms with Gasteiger partial charge in [-0.25, -0.2) is 0 Å². The van der Waals surface area contributed by atoms with Crippen LogP contribution in [-0.2, 0) is 0 Å². The standard InChI is InChI=1S/C9H7NO2/c1-6-4-7(5-10)2-3-8(6)9(11)12/h2-4H,1H3,(H,11,12)/p-1. The van der Waals surface area contributed by atoms with E-state index < -0.39 is 5.97 Å². The van der Waals surface area contributed by atoms with Crippen LogP contribution < -0.4 is 5.11 Å². The van der Waals surface area contributed by atoms with Crippen molar-refractivity contribution in [3.63, 3.8) is 0 Å². The van der Waals surface area contributed by atoms with Crippen molar-refractivity contribution in [3.8, 4) is 6.07 Å². The van der Waals surface area contributed by atoms with Crippen LogP contribution in [0.5, 0.6) is 0 Å². The molecule has 0 heterocycles. The van der Waals surface area contributed by atoms with Gasteiger partial charge >= 0.3 is 0 Å². The molecule has 0 saturated heterocycles. The van der Waals surface area contributed by atoms with E-state index in [1.807, 2.05) is 6.07 Å². The molecule has 60 valence electrons. The van der Waals surface area contributed by atoms with Gasteiger partial charge in [0.05, 0.1) is 17.6 Å². The van der Waals surface area contributed by atoms with Gasteiger partial charge < -0.3 is 9.90 Å². The number of rotatable bonds is 1. The largest absolute Gasteiger partial charge is 0.545 e. The molecule has 0 atom stereocenters. The Morgan fingerprint density at radius 2 is 2.25 bits per heavy atom. The number of carbonyl (C=O) groups is 1. The number of hydrogen-bond acceptors (Lipinski definition) is 3. The van der Waals surface area contributed by atoms with E-state index in [0.29, 0.717) is 11.1 Å². The zero-order valence-corrected chi connectivity index (χ0v) is 6.50. The SMILES string of the molecule is Cc1cc(C#N)ccc1C(=O)[O-]. The Balaban J connectivity index is 3.23. The molecule has 0 aliphatic carbocycles. The Morgan fingerprint density at radius 3 is 2.67 bits per heavy atom. The topological polar surface area (TPSA) is 63.9 Å². The Morgan fingerprint density at radius 1 is 1.58 bits per heavy atom. The molecule has 1 aromatic carbocycles. The van der Waals surface area contributed by atoms with Crippen LogP contribution in [0.3, 0.4) is 0 Å². The van der Waals surface area contributed by atoms with Gasteiger partial charge in [0.1, 0.15) is 0 Å². The zero-order chi connectivity index (χ0) is 9.14. The van der Waals surface area contributed by atoms with Crippen LogP contribution in [0.1, 0.15) is 21.5 Å². The maximum absolute atomic E-state index is 10.4. The third-order valence-electron chi connectivity index (χ3n) is 1.58. The summed E-state index contributed by atoms with van der Waals surface area (Å²) < 4.78 is 0. The lowest BCUT2D eigenvalue weighted by Gasteiger charge is -2.05. The molecular weight excluding hydrogens is 154 g/mol. The second-order valence-corrected chi connectivity index (χ2v) is 2.43. The number of aryl methyl sites for hydroxylation is 1. The second kappa shape index (κ2) is 3.05. The van der Waals surface area contributed by atoms with Crippen LogP contribution in [-0.4, -0.2) is 5.97 Å². The molecule has 0 amide bonds. The van der Waals surface area contributed by atoms with Gasteiger partial charge in [-0.2, -0.15) is 5.26 Å². The van der Waals surface area contributed by atoms with Crippen LogP contribution >= 0.6 is 0 Å². The molecule has 0 saturated carbocycles. The zero-order valence-electron chi connectivity index (χ0n) is 6.50. The summed E-state index contributed by atoms with van der Waals surface area (Å²) in [6, 6.07) is 6.27.